The minimum absolute atomic E-state index is 0.0645. The second-order valence-corrected chi connectivity index (χ2v) is 7.20. The third-order valence-corrected chi connectivity index (χ3v) is 5.00. The molecule has 6 nitrogen and oxygen atoms in total. The van der Waals surface area contributed by atoms with E-state index >= 15 is 0 Å². The number of benzene rings is 1. The molecule has 0 aliphatic carbocycles. The molecule has 1 amide bonds. The molecule has 140 valence electrons. The molecular formula is C20H28N4O2. The maximum absolute atomic E-state index is 12.8. The quantitative estimate of drug-likeness (QED) is 0.863. The van der Waals surface area contributed by atoms with E-state index in [1.54, 1.807) is 6.20 Å². The van der Waals surface area contributed by atoms with E-state index in [2.05, 4.69) is 29.2 Å². The highest BCUT2D eigenvalue weighted by atomic mass is 16.5. The van der Waals surface area contributed by atoms with Crippen molar-refractivity contribution in [3.05, 3.63) is 47.8 Å². The zero-order valence-corrected chi connectivity index (χ0v) is 15.9. The van der Waals surface area contributed by atoms with E-state index in [0.29, 0.717) is 12.1 Å². The smallest absolute Gasteiger partial charge is 0.254 e. The van der Waals surface area contributed by atoms with Crippen molar-refractivity contribution in [3.63, 3.8) is 0 Å². The summed E-state index contributed by atoms with van der Waals surface area (Å²) in [6, 6.07) is 9.91. The largest absolute Gasteiger partial charge is 0.379 e. The van der Waals surface area contributed by atoms with Crippen molar-refractivity contribution < 1.29 is 9.53 Å². The Balaban J connectivity index is 1.71. The van der Waals surface area contributed by atoms with Crippen LogP contribution in [0.4, 0.5) is 0 Å². The first-order chi connectivity index (χ1) is 12.5. The van der Waals surface area contributed by atoms with Crippen molar-refractivity contribution in [1.82, 2.24) is 20.0 Å². The fraction of sp³-hybridized carbons (Fsp3) is 0.500. The fourth-order valence-electron chi connectivity index (χ4n) is 3.37. The second-order valence-electron chi connectivity index (χ2n) is 7.20. The molecule has 0 bridgehead atoms. The van der Waals surface area contributed by atoms with E-state index in [9.17, 15) is 4.79 Å². The monoisotopic (exact) mass is 356 g/mol. The molecule has 1 aromatic heterocycles. The molecule has 2 aromatic rings. The number of nitrogens with zero attached hydrogens (tertiary/aromatic N) is 3. The van der Waals surface area contributed by atoms with Crippen LogP contribution in [0.3, 0.4) is 0 Å². The summed E-state index contributed by atoms with van der Waals surface area (Å²) >= 11 is 0. The van der Waals surface area contributed by atoms with E-state index in [4.69, 9.17) is 4.74 Å². The second kappa shape index (κ2) is 8.01. The Labute approximate surface area is 155 Å². The molecule has 6 heteroatoms. The van der Waals surface area contributed by atoms with Crippen LogP contribution in [0.5, 0.6) is 0 Å². The Morgan fingerprint density at radius 3 is 2.58 bits per heavy atom. The van der Waals surface area contributed by atoms with Crippen molar-refractivity contribution in [2.75, 3.05) is 32.8 Å². The van der Waals surface area contributed by atoms with Gasteiger partial charge in [-0.1, -0.05) is 25.1 Å². The summed E-state index contributed by atoms with van der Waals surface area (Å²) in [7, 11) is 0. The van der Waals surface area contributed by atoms with Gasteiger partial charge >= 0.3 is 0 Å². The van der Waals surface area contributed by atoms with Gasteiger partial charge in [0.05, 0.1) is 36.4 Å². The van der Waals surface area contributed by atoms with Crippen LogP contribution in [0, 0.1) is 0 Å². The van der Waals surface area contributed by atoms with Gasteiger partial charge in [0.1, 0.15) is 0 Å². The first kappa shape index (κ1) is 18.6. The van der Waals surface area contributed by atoms with Gasteiger partial charge in [-0.05, 0) is 32.4 Å². The number of hydrogen-bond acceptors (Lipinski definition) is 4. The standard InChI is InChI=1S/C20H28N4O2/c1-4-18-17(14-22-24(18)16-8-6-5-7-9-16)19(25)21-15-20(2,3)23-10-12-26-13-11-23/h5-9,14H,4,10-13,15H2,1-3H3,(H,21,25). The van der Waals surface area contributed by atoms with Gasteiger partial charge in [-0.15, -0.1) is 0 Å². The maximum atomic E-state index is 12.8. The van der Waals surface area contributed by atoms with Crippen LogP contribution in [-0.4, -0.2) is 59.0 Å². The number of rotatable bonds is 6. The number of aromatic nitrogens is 2. The molecule has 0 radical (unpaired) electrons. The van der Waals surface area contributed by atoms with Crippen molar-refractivity contribution in [2.24, 2.45) is 0 Å². The van der Waals surface area contributed by atoms with E-state index in [0.717, 1.165) is 44.1 Å². The summed E-state index contributed by atoms with van der Waals surface area (Å²) in [5.41, 5.74) is 2.44. The number of morpholine rings is 1. The summed E-state index contributed by atoms with van der Waals surface area (Å²) in [6.07, 6.45) is 2.41. The van der Waals surface area contributed by atoms with Crippen LogP contribution < -0.4 is 5.32 Å². The highest BCUT2D eigenvalue weighted by Gasteiger charge is 2.29. The summed E-state index contributed by atoms with van der Waals surface area (Å²) in [5.74, 6) is -0.0645. The van der Waals surface area contributed by atoms with Gasteiger partial charge in [-0.3, -0.25) is 9.69 Å². The molecule has 1 aromatic carbocycles. The number of carbonyl (C=O) groups excluding carboxylic acids is 1. The van der Waals surface area contributed by atoms with Crippen molar-refractivity contribution in [2.45, 2.75) is 32.7 Å². The Bertz CT molecular complexity index is 734. The van der Waals surface area contributed by atoms with Gasteiger partial charge in [0.15, 0.2) is 0 Å². The zero-order chi connectivity index (χ0) is 18.6. The van der Waals surface area contributed by atoms with E-state index in [1.165, 1.54) is 0 Å². The van der Waals surface area contributed by atoms with Gasteiger partial charge in [0, 0.05) is 25.2 Å². The summed E-state index contributed by atoms with van der Waals surface area (Å²) in [5, 5.41) is 7.54. The lowest BCUT2D eigenvalue weighted by molar-refractivity contribution is -0.00923. The number of amides is 1. The highest BCUT2D eigenvalue weighted by Crippen LogP contribution is 2.18. The SMILES string of the molecule is CCc1c(C(=O)NCC(C)(C)N2CCOCC2)cnn1-c1ccccc1. The molecule has 1 aliphatic rings. The van der Waals surface area contributed by atoms with Gasteiger partial charge in [-0.25, -0.2) is 4.68 Å². The minimum Gasteiger partial charge on any atom is -0.379 e. The fourth-order valence-corrected chi connectivity index (χ4v) is 3.37. The number of nitrogens with one attached hydrogen (secondary N) is 1. The molecular weight excluding hydrogens is 328 g/mol. The molecule has 0 atom stereocenters. The minimum atomic E-state index is -0.110. The van der Waals surface area contributed by atoms with Gasteiger partial charge in [0.25, 0.3) is 5.91 Å². The molecule has 1 aliphatic heterocycles. The number of ether oxygens (including phenoxy) is 1. The normalized spacial score (nSPS) is 15.8. The van der Waals surface area contributed by atoms with Crippen LogP contribution in [-0.2, 0) is 11.2 Å². The van der Waals surface area contributed by atoms with Crippen LogP contribution in [0.15, 0.2) is 36.5 Å². The third-order valence-electron chi connectivity index (χ3n) is 5.00. The maximum Gasteiger partial charge on any atom is 0.254 e. The Morgan fingerprint density at radius 1 is 1.23 bits per heavy atom. The molecule has 1 saturated heterocycles. The van der Waals surface area contributed by atoms with Gasteiger partial charge < -0.3 is 10.1 Å². The van der Waals surface area contributed by atoms with Gasteiger partial charge in [-0.2, -0.15) is 5.10 Å². The molecule has 1 N–H and O–H groups in total. The Morgan fingerprint density at radius 2 is 1.92 bits per heavy atom. The van der Waals surface area contributed by atoms with Crippen LogP contribution in [0.25, 0.3) is 5.69 Å². The molecule has 2 heterocycles. The molecule has 1 fully saturated rings. The average molecular weight is 356 g/mol. The lowest BCUT2D eigenvalue weighted by Gasteiger charge is -2.40. The molecule has 26 heavy (non-hydrogen) atoms. The van der Waals surface area contributed by atoms with Crippen molar-refractivity contribution in [1.29, 1.82) is 0 Å². The molecule has 0 spiro atoms. The van der Waals surface area contributed by atoms with Crippen LogP contribution >= 0.6 is 0 Å². The molecule has 3 rings (SSSR count). The first-order valence-corrected chi connectivity index (χ1v) is 9.26. The predicted molar refractivity (Wildman–Crippen MR) is 102 cm³/mol. The summed E-state index contributed by atoms with van der Waals surface area (Å²) in [6.45, 7) is 10.3. The lowest BCUT2D eigenvalue weighted by atomic mass is 10.0. The summed E-state index contributed by atoms with van der Waals surface area (Å²) < 4.78 is 7.27. The van der Waals surface area contributed by atoms with E-state index in [-0.39, 0.29) is 11.4 Å². The van der Waals surface area contributed by atoms with Crippen LogP contribution in [0.2, 0.25) is 0 Å². The van der Waals surface area contributed by atoms with Crippen molar-refractivity contribution in [3.8, 4) is 5.69 Å². The van der Waals surface area contributed by atoms with Crippen molar-refractivity contribution >= 4 is 5.91 Å². The highest BCUT2D eigenvalue weighted by molar-refractivity contribution is 5.95. The van der Waals surface area contributed by atoms with Gasteiger partial charge in [0.2, 0.25) is 0 Å². The zero-order valence-electron chi connectivity index (χ0n) is 15.9. The van der Waals surface area contributed by atoms with Crippen LogP contribution in [0.1, 0.15) is 36.8 Å². The Hall–Kier alpha value is -2.18. The Kier molecular flexibility index (Phi) is 5.74. The van der Waals surface area contributed by atoms with E-state index < -0.39 is 0 Å². The van der Waals surface area contributed by atoms with E-state index in [1.807, 2.05) is 41.9 Å². The average Bonchev–Trinajstić information content (AvgIpc) is 3.12. The topological polar surface area (TPSA) is 59.4 Å². The predicted octanol–water partition coefficient (Wildman–Crippen LogP) is 2.28. The third kappa shape index (κ3) is 3.97. The number of para-hydroxylation sites is 1. The lowest BCUT2D eigenvalue weighted by Crippen LogP contribution is -2.55. The number of hydrogen-bond donors (Lipinski definition) is 1. The molecule has 0 unspecified atom stereocenters. The number of carbonyl (C=O) groups is 1. The first-order valence-electron chi connectivity index (χ1n) is 9.26. The molecule has 0 saturated carbocycles. The summed E-state index contributed by atoms with van der Waals surface area (Å²) in [4.78, 5) is 15.2.